The molecule has 5 rings (SSSR count). The number of halogens is 3. The van der Waals surface area contributed by atoms with Crippen molar-refractivity contribution in [3.8, 4) is 5.75 Å². The maximum atomic E-state index is 15.0. The number of ether oxygens (including phenoxy) is 1. The van der Waals surface area contributed by atoms with Gasteiger partial charge in [0, 0.05) is 28.2 Å². The molecule has 2 heterocycles. The molecule has 51 heavy (non-hydrogen) atoms. The Morgan fingerprint density at radius 2 is 1.78 bits per heavy atom. The summed E-state index contributed by atoms with van der Waals surface area (Å²) < 4.78 is 21.0. The van der Waals surface area contributed by atoms with Crippen LogP contribution in [0.5, 0.6) is 5.75 Å². The van der Waals surface area contributed by atoms with Crippen LogP contribution in [0, 0.1) is 11.2 Å². The lowest BCUT2D eigenvalue weighted by Crippen LogP contribution is -2.59. The number of carbonyl (C=O) groups excluding carboxylic acids is 3. The number of nitrogens with one attached hydrogen (secondary N) is 5. The number of aromatic nitrogens is 2. The van der Waals surface area contributed by atoms with E-state index in [0.717, 1.165) is 0 Å². The van der Waals surface area contributed by atoms with Crippen molar-refractivity contribution in [3.05, 3.63) is 69.9 Å². The van der Waals surface area contributed by atoms with Gasteiger partial charge in [-0.3, -0.25) is 14.4 Å². The minimum Gasteiger partial charge on any atom is -0.494 e. The van der Waals surface area contributed by atoms with E-state index in [2.05, 4.69) is 52.5 Å². The highest BCUT2D eigenvalue weighted by Crippen LogP contribution is 2.35. The summed E-state index contributed by atoms with van der Waals surface area (Å²) in [6.07, 6.45) is 1.12. The molecular formula is C36H41BrClFN8O4. The van der Waals surface area contributed by atoms with Crippen LogP contribution < -0.4 is 31.3 Å². The van der Waals surface area contributed by atoms with Gasteiger partial charge in [-0.25, -0.2) is 9.37 Å². The molecule has 15 heteroatoms. The maximum Gasteiger partial charge on any atom is 0.247 e. The molecule has 0 unspecified atom stereocenters. The summed E-state index contributed by atoms with van der Waals surface area (Å²) in [7, 11) is 3.16. The fraction of sp³-hybridized carbons (Fsp3) is 0.361. The van der Waals surface area contributed by atoms with Crippen LogP contribution in [0.1, 0.15) is 40.5 Å². The first-order valence-electron chi connectivity index (χ1n) is 16.4. The lowest BCUT2D eigenvalue weighted by atomic mass is 9.85. The van der Waals surface area contributed by atoms with Crippen molar-refractivity contribution >= 4 is 85.0 Å². The van der Waals surface area contributed by atoms with E-state index in [1.54, 1.807) is 49.2 Å². The van der Waals surface area contributed by atoms with Gasteiger partial charge in [-0.1, -0.05) is 44.5 Å². The smallest absolute Gasteiger partial charge is 0.247 e. The zero-order chi connectivity index (χ0) is 37.0. The number of fused-ring (bicyclic) bond motifs is 1. The normalized spacial score (nSPS) is 15.6. The number of hydrogen-bond donors (Lipinski definition) is 5. The number of hydrogen-bond acceptors (Lipinski definition) is 9. The fourth-order valence-electron chi connectivity index (χ4n) is 5.71. The molecule has 3 atom stereocenters. The number of benzene rings is 3. The monoisotopic (exact) mass is 782 g/mol. The molecular weight excluding hydrogens is 743 g/mol. The summed E-state index contributed by atoms with van der Waals surface area (Å²) >= 11 is 9.35. The Bertz CT molecular complexity index is 1960. The predicted molar refractivity (Wildman–Crippen MR) is 201 cm³/mol. The maximum absolute atomic E-state index is 15.0. The van der Waals surface area contributed by atoms with Crippen molar-refractivity contribution < 1.29 is 23.5 Å². The van der Waals surface area contributed by atoms with Gasteiger partial charge in [0.15, 0.2) is 5.82 Å². The van der Waals surface area contributed by atoms with E-state index in [1.165, 1.54) is 7.11 Å². The summed E-state index contributed by atoms with van der Waals surface area (Å²) in [6, 6.07) is 13.5. The van der Waals surface area contributed by atoms with Crippen molar-refractivity contribution in [1.82, 2.24) is 25.5 Å². The molecule has 270 valence electrons. The van der Waals surface area contributed by atoms with E-state index in [-0.39, 0.29) is 34.4 Å². The summed E-state index contributed by atoms with van der Waals surface area (Å²) in [4.78, 5) is 51.0. The second-order valence-electron chi connectivity index (χ2n) is 13.3. The Morgan fingerprint density at radius 1 is 1.06 bits per heavy atom. The molecule has 5 N–H and O–H groups in total. The van der Waals surface area contributed by atoms with Gasteiger partial charge < -0.3 is 36.2 Å². The third-order valence-electron chi connectivity index (χ3n) is 8.67. The molecule has 1 aliphatic heterocycles. The van der Waals surface area contributed by atoms with E-state index < -0.39 is 29.4 Å². The number of amides is 3. The van der Waals surface area contributed by atoms with Crippen LogP contribution in [0.25, 0.3) is 10.9 Å². The van der Waals surface area contributed by atoms with Gasteiger partial charge in [-0.2, -0.15) is 4.98 Å². The molecule has 0 radical (unpaired) electrons. The summed E-state index contributed by atoms with van der Waals surface area (Å²) in [5.74, 6) is -0.657. The first-order chi connectivity index (χ1) is 24.2. The lowest BCUT2D eigenvalue weighted by molar-refractivity contribution is -0.143. The van der Waals surface area contributed by atoms with Gasteiger partial charge in [-0.15, -0.1) is 0 Å². The Balaban J connectivity index is 1.34. The number of carbonyl (C=O) groups is 3. The fourth-order valence-corrected chi connectivity index (χ4v) is 6.18. The number of methoxy groups -OCH3 is 1. The highest BCUT2D eigenvalue weighted by atomic mass is 79.9. The van der Waals surface area contributed by atoms with Crippen LogP contribution in [-0.4, -0.2) is 71.4 Å². The van der Waals surface area contributed by atoms with E-state index in [9.17, 15) is 18.8 Å². The van der Waals surface area contributed by atoms with Crippen LogP contribution in [0.3, 0.4) is 0 Å². The Hall–Kier alpha value is -4.53. The molecule has 0 bridgehead atoms. The molecule has 1 saturated heterocycles. The van der Waals surface area contributed by atoms with Crippen molar-refractivity contribution in [3.63, 3.8) is 0 Å². The predicted octanol–water partition coefficient (Wildman–Crippen LogP) is 6.75. The molecule has 1 aromatic heterocycles. The largest absolute Gasteiger partial charge is 0.494 e. The summed E-state index contributed by atoms with van der Waals surface area (Å²) in [6.45, 7) is 7.75. The number of rotatable bonds is 11. The Kier molecular flexibility index (Phi) is 11.7. The minimum absolute atomic E-state index is 0.0549. The van der Waals surface area contributed by atoms with Crippen LogP contribution in [-0.2, 0) is 14.4 Å². The van der Waals surface area contributed by atoms with Crippen LogP contribution >= 0.6 is 27.5 Å². The molecule has 0 aliphatic carbocycles. The molecule has 3 amide bonds. The minimum atomic E-state index is -0.825. The van der Waals surface area contributed by atoms with Gasteiger partial charge in [0.25, 0.3) is 0 Å². The number of nitrogens with zero attached hydrogens (tertiary/aromatic N) is 3. The van der Waals surface area contributed by atoms with E-state index in [0.29, 0.717) is 57.7 Å². The number of para-hydroxylation sites is 1. The van der Waals surface area contributed by atoms with E-state index in [1.807, 2.05) is 45.0 Å². The van der Waals surface area contributed by atoms with Gasteiger partial charge in [0.2, 0.25) is 23.7 Å². The van der Waals surface area contributed by atoms with Gasteiger partial charge in [0.1, 0.15) is 23.7 Å². The summed E-state index contributed by atoms with van der Waals surface area (Å²) in [5, 5.41) is 15.5. The zero-order valence-electron chi connectivity index (χ0n) is 29.2. The van der Waals surface area contributed by atoms with Gasteiger partial charge >= 0.3 is 0 Å². The average Bonchev–Trinajstić information content (AvgIpc) is 3.60. The Morgan fingerprint density at radius 3 is 2.49 bits per heavy atom. The third-order valence-corrected chi connectivity index (χ3v) is 9.93. The second kappa shape index (κ2) is 15.8. The van der Waals surface area contributed by atoms with Crippen molar-refractivity contribution in [2.24, 2.45) is 5.41 Å². The van der Waals surface area contributed by atoms with Crippen LogP contribution in [0.4, 0.5) is 33.2 Å². The number of anilines is 5. The average molecular weight is 784 g/mol. The van der Waals surface area contributed by atoms with E-state index in [4.69, 9.17) is 16.3 Å². The highest BCUT2D eigenvalue weighted by Gasteiger charge is 2.42. The van der Waals surface area contributed by atoms with Gasteiger partial charge in [0.05, 0.1) is 35.1 Å². The molecule has 12 nitrogen and oxygen atoms in total. The first kappa shape index (κ1) is 37.7. The molecule has 1 fully saturated rings. The summed E-state index contributed by atoms with van der Waals surface area (Å²) in [5.41, 5.74) is 1.12. The standard InChI is InChI=1S/C36H41BrClFN8O4/c1-19(40-5)32(48)45-30(36(2,3)4)34(50)47-17-9-12-26(47)33(49)43-24-15-13-20(18-27(24)51-6)41-35-44-23-11-8-7-10-21(23)31(46-35)42-25-16-14-22(37)28(38)29(25)39/h7-8,10-11,13-16,18-19,26,30,40H,9,12,17H2,1-6H3,(H,43,49)(H,45,48)(H2,41,42,44,46)/t19-,26+,30+/m0/s1. The lowest BCUT2D eigenvalue weighted by Gasteiger charge is -2.36. The second-order valence-corrected chi connectivity index (χ2v) is 14.5. The molecule has 4 aromatic rings. The topological polar surface area (TPSA) is 150 Å². The third kappa shape index (κ3) is 8.51. The number of likely N-dealkylation sites (N-methyl/N-ethyl adjacent to an activating group) is 1. The first-order valence-corrected chi connectivity index (χ1v) is 17.6. The number of likely N-dealkylation sites (tertiary alicyclic amines) is 1. The molecule has 1 aliphatic rings. The SMILES string of the molecule is CN[C@@H](C)C(=O)N[C@H](C(=O)N1CCC[C@@H]1C(=O)Nc1ccc(Nc2nc(Nc3ccc(Br)c(Cl)c3F)c3ccccc3n2)cc1OC)C(C)(C)C. The van der Waals surface area contributed by atoms with Crippen LogP contribution in [0.15, 0.2) is 59.1 Å². The molecule has 0 saturated carbocycles. The van der Waals surface area contributed by atoms with Crippen LogP contribution in [0.2, 0.25) is 5.02 Å². The molecule has 3 aromatic carbocycles. The highest BCUT2D eigenvalue weighted by molar-refractivity contribution is 9.10. The van der Waals surface area contributed by atoms with Crippen molar-refractivity contribution in [2.75, 3.05) is 36.7 Å². The van der Waals surface area contributed by atoms with Gasteiger partial charge in [-0.05, 0) is 84.6 Å². The quantitative estimate of drug-likeness (QED) is 0.104. The Labute approximate surface area is 309 Å². The van der Waals surface area contributed by atoms with E-state index >= 15 is 0 Å². The molecule has 0 spiro atoms. The van der Waals surface area contributed by atoms with Crippen molar-refractivity contribution in [1.29, 1.82) is 0 Å². The van der Waals surface area contributed by atoms with Crippen molar-refractivity contribution in [2.45, 2.75) is 58.7 Å². The zero-order valence-corrected chi connectivity index (χ0v) is 31.5.